The molecule has 1 fully saturated rings. The summed E-state index contributed by atoms with van der Waals surface area (Å²) in [5, 5.41) is 2.69. The summed E-state index contributed by atoms with van der Waals surface area (Å²) < 4.78 is 34.2. The number of aryl methyl sites for hydroxylation is 1. The average Bonchev–Trinajstić information content (AvgIpc) is 3.18. The molecule has 1 atom stereocenters. The van der Waals surface area contributed by atoms with Crippen molar-refractivity contribution in [1.82, 2.24) is 19.1 Å². The van der Waals surface area contributed by atoms with Crippen LogP contribution in [0.4, 0.5) is 0 Å². The van der Waals surface area contributed by atoms with Gasteiger partial charge in [-0.05, 0) is 38.1 Å². The lowest BCUT2D eigenvalue weighted by Gasteiger charge is -2.35. The van der Waals surface area contributed by atoms with Gasteiger partial charge in [0, 0.05) is 44.4 Å². The highest BCUT2D eigenvalue weighted by Crippen LogP contribution is 2.23. The Bertz CT molecular complexity index is 1370. The van der Waals surface area contributed by atoms with Crippen LogP contribution in [0.25, 0.3) is 11.1 Å². The highest BCUT2D eigenvalue weighted by atomic mass is 32.2. The third-order valence-corrected chi connectivity index (χ3v) is 7.79. The topological polar surface area (TPSA) is 122 Å². The quantitative estimate of drug-likeness (QED) is 0.560. The van der Waals surface area contributed by atoms with Crippen LogP contribution >= 0.6 is 0 Å². The lowest BCUT2D eigenvalue weighted by molar-refractivity contribution is -0.134. The van der Waals surface area contributed by atoms with E-state index in [1.165, 1.54) is 21.0 Å². The van der Waals surface area contributed by atoms with Gasteiger partial charge in [-0.3, -0.25) is 14.2 Å². The highest BCUT2D eigenvalue weighted by Gasteiger charge is 2.32. The normalized spacial score (nSPS) is 15.9. The Balaban J connectivity index is 1.40. The lowest BCUT2D eigenvalue weighted by atomic mass is 10.2. The second-order valence-corrected chi connectivity index (χ2v) is 9.97. The summed E-state index contributed by atoms with van der Waals surface area (Å²) >= 11 is 0. The summed E-state index contributed by atoms with van der Waals surface area (Å²) in [5.41, 5.74) is 1.21. The first-order valence-electron chi connectivity index (χ1n) is 11.0. The maximum absolute atomic E-state index is 13.1. The number of carbonyl (C=O) groups excluding carboxylic acids is 2. The molecule has 0 unspecified atom stereocenters. The molecule has 2 aromatic carbocycles. The van der Waals surface area contributed by atoms with Gasteiger partial charge in [-0.25, -0.2) is 13.2 Å². The molecule has 0 radical (unpaired) electrons. The fraction of sp³-hybridized carbons (Fsp3) is 0.348. The number of carbonyl (C=O) groups is 2. The molecule has 180 valence electrons. The average molecular weight is 487 g/mol. The predicted molar refractivity (Wildman–Crippen MR) is 125 cm³/mol. The summed E-state index contributed by atoms with van der Waals surface area (Å²) in [6.07, 6.45) is 0. The van der Waals surface area contributed by atoms with Gasteiger partial charge in [-0.1, -0.05) is 18.2 Å². The fourth-order valence-corrected chi connectivity index (χ4v) is 5.45. The van der Waals surface area contributed by atoms with Gasteiger partial charge in [-0.15, -0.1) is 0 Å². The first-order chi connectivity index (χ1) is 16.2. The van der Waals surface area contributed by atoms with Crippen molar-refractivity contribution in [3.05, 3.63) is 64.6 Å². The van der Waals surface area contributed by atoms with Gasteiger partial charge in [0.1, 0.15) is 6.04 Å². The van der Waals surface area contributed by atoms with Gasteiger partial charge in [0.05, 0.1) is 10.4 Å². The van der Waals surface area contributed by atoms with Crippen LogP contribution in [0.3, 0.4) is 0 Å². The van der Waals surface area contributed by atoms with Crippen LogP contribution in [-0.2, 0) is 21.4 Å². The molecule has 3 aromatic rings. The number of nitrogens with one attached hydrogen (secondary N) is 1. The molecule has 34 heavy (non-hydrogen) atoms. The Kier molecular flexibility index (Phi) is 6.58. The third-order valence-electron chi connectivity index (χ3n) is 5.90. The Hall–Kier alpha value is -3.44. The van der Waals surface area contributed by atoms with E-state index < -0.39 is 21.8 Å². The molecule has 2 amide bonds. The van der Waals surface area contributed by atoms with E-state index in [1.54, 1.807) is 55.1 Å². The van der Waals surface area contributed by atoms with Gasteiger partial charge in [0.2, 0.25) is 15.9 Å². The van der Waals surface area contributed by atoms with E-state index in [4.69, 9.17) is 4.42 Å². The lowest BCUT2D eigenvalue weighted by Crippen LogP contribution is -2.55. The zero-order valence-corrected chi connectivity index (χ0v) is 19.7. The standard InChI is InChI=1S/C23H26N4O6S/c1-3-27-19-10-9-18(15-20(19)33-23(27)30)34(31,32)26-13-11-25(12-14-26)22(29)16(2)24-21(28)17-7-5-4-6-8-17/h4-10,15-16H,3,11-14H2,1-2H3,(H,24,28)/t16-/m0/s1. The summed E-state index contributed by atoms with van der Waals surface area (Å²) in [7, 11) is -3.83. The minimum atomic E-state index is -3.83. The molecule has 0 aliphatic carbocycles. The second-order valence-electron chi connectivity index (χ2n) is 8.03. The van der Waals surface area contributed by atoms with Gasteiger partial charge in [0.25, 0.3) is 5.91 Å². The van der Waals surface area contributed by atoms with Crippen molar-refractivity contribution in [2.24, 2.45) is 0 Å². The van der Waals surface area contributed by atoms with Crippen molar-refractivity contribution in [3.63, 3.8) is 0 Å². The van der Waals surface area contributed by atoms with Crippen LogP contribution in [0, 0.1) is 0 Å². The number of nitrogens with zero attached hydrogens (tertiary/aromatic N) is 3. The zero-order chi connectivity index (χ0) is 24.5. The highest BCUT2D eigenvalue weighted by molar-refractivity contribution is 7.89. The molecular weight excluding hydrogens is 460 g/mol. The number of amides is 2. The molecule has 1 N–H and O–H groups in total. The summed E-state index contributed by atoms with van der Waals surface area (Å²) in [6.45, 7) is 4.46. The Morgan fingerprint density at radius 1 is 1.06 bits per heavy atom. The molecule has 11 heteroatoms. The first kappa shape index (κ1) is 23.7. The molecular formula is C23H26N4O6S. The van der Waals surface area contributed by atoms with Crippen molar-refractivity contribution < 1.29 is 22.4 Å². The fourth-order valence-electron chi connectivity index (χ4n) is 4.01. The third kappa shape index (κ3) is 4.48. The smallest absolute Gasteiger partial charge is 0.408 e. The van der Waals surface area contributed by atoms with E-state index in [0.717, 1.165) is 0 Å². The van der Waals surface area contributed by atoms with Gasteiger partial charge >= 0.3 is 5.76 Å². The Morgan fingerprint density at radius 2 is 1.74 bits per heavy atom. The number of hydrogen-bond donors (Lipinski definition) is 1. The van der Waals surface area contributed by atoms with Gasteiger partial charge in [0.15, 0.2) is 5.58 Å². The number of fused-ring (bicyclic) bond motifs is 1. The van der Waals surface area contributed by atoms with Crippen LogP contribution < -0.4 is 11.1 Å². The number of rotatable bonds is 6. The molecule has 10 nitrogen and oxygen atoms in total. The Morgan fingerprint density at radius 3 is 2.38 bits per heavy atom. The van der Waals surface area contributed by atoms with E-state index in [-0.39, 0.29) is 48.5 Å². The van der Waals surface area contributed by atoms with Crippen LogP contribution in [0.1, 0.15) is 24.2 Å². The number of sulfonamides is 1. The minimum absolute atomic E-state index is 0.0280. The number of oxazole rings is 1. The molecule has 1 aliphatic rings. The summed E-state index contributed by atoms with van der Waals surface area (Å²) in [4.78, 5) is 38.6. The number of hydrogen-bond acceptors (Lipinski definition) is 6. The maximum atomic E-state index is 13.1. The largest absolute Gasteiger partial charge is 0.419 e. The minimum Gasteiger partial charge on any atom is -0.408 e. The summed E-state index contributed by atoms with van der Waals surface area (Å²) in [6, 6.07) is 12.2. The number of aromatic nitrogens is 1. The van der Waals surface area contributed by atoms with Crippen molar-refractivity contribution in [1.29, 1.82) is 0 Å². The van der Waals surface area contributed by atoms with Crippen LogP contribution in [-0.4, -0.2) is 66.2 Å². The Labute approximate surface area is 196 Å². The predicted octanol–water partition coefficient (Wildman–Crippen LogP) is 1.27. The second kappa shape index (κ2) is 9.43. The molecule has 1 saturated heterocycles. The van der Waals surface area contributed by atoms with Crippen LogP contribution in [0.15, 0.2) is 62.6 Å². The first-order valence-corrected chi connectivity index (χ1v) is 12.4. The van der Waals surface area contributed by atoms with E-state index in [0.29, 0.717) is 17.6 Å². The van der Waals surface area contributed by atoms with E-state index >= 15 is 0 Å². The molecule has 0 saturated carbocycles. The molecule has 1 aliphatic heterocycles. The maximum Gasteiger partial charge on any atom is 0.419 e. The van der Waals surface area contributed by atoms with Crippen LogP contribution in [0.2, 0.25) is 0 Å². The van der Waals surface area contributed by atoms with Gasteiger partial charge < -0.3 is 14.6 Å². The van der Waals surface area contributed by atoms with E-state index in [9.17, 15) is 22.8 Å². The van der Waals surface area contributed by atoms with Crippen molar-refractivity contribution in [2.45, 2.75) is 31.3 Å². The van der Waals surface area contributed by atoms with Crippen LogP contribution in [0.5, 0.6) is 0 Å². The number of benzene rings is 2. The zero-order valence-electron chi connectivity index (χ0n) is 18.9. The van der Waals surface area contributed by atoms with Gasteiger partial charge in [-0.2, -0.15) is 4.31 Å². The van der Waals surface area contributed by atoms with Crippen molar-refractivity contribution >= 4 is 32.9 Å². The SMILES string of the molecule is CCn1c(=O)oc2cc(S(=O)(=O)N3CCN(C(=O)[C@H](C)NC(=O)c4ccccc4)CC3)ccc21. The molecule has 0 bridgehead atoms. The van der Waals surface area contributed by atoms with Crippen molar-refractivity contribution in [3.8, 4) is 0 Å². The summed E-state index contributed by atoms with van der Waals surface area (Å²) in [5.74, 6) is -1.15. The van der Waals surface area contributed by atoms with E-state index in [1.807, 2.05) is 0 Å². The monoisotopic (exact) mass is 486 g/mol. The molecule has 0 spiro atoms. The number of piperazine rings is 1. The van der Waals surface area contributed by atoms with E-state index in [2.05, 4.69) is 5.32 Å². The molecule has 2 heterocycles. The molecule has 1 aromatic heterocycles. The molecule has 4 rings (SSSR count). The van der Waals surface area contributed by atoms with Crippen molar-refractivity contribution in [2.75, 3.05) is 26.2 Å².